The van der Waals surface area contributed by atoms with Crippen molar-refractivity contribution in [3.8, 4) is 17.2 Å². The van der Waals surface area contributed by atoms with E-state index in [1.165, 1.54) is 58.2 Å². The molecule has 0 radical (unpaired) electrons. The average Bonchev–Trinajstić information content (AvgIpc) is 3.31. The van der Waals surface area contributed by atoms with Gasteiger partial charge in [-0.15, -0.1) is 12.4 Å². The van der Waals surface area contributed by atoms with Gasteiger partial charge in [0.1, 0.15) is 23.9 Å². The fourth-order valence-electron chi connectivity index (χ4n) is 6.11. The molecule has 0 atom stereocenters. The molecular weight excluding hydrogens is 930 g/mol. The molecule has 0 saturated carbocycles. The standard InChI is InChI=1S/C19H18O3S2.C18H17NO3S2.C11H16OS2.ClH/c1-2-9-22-15-8-7-13-11-23-18(20)16-5-3-4-6-17(16)19(21)24-12-14(13)10-15;19-7-8-22-14-6-5-12-10-23-17(20)15-3-1-2-4-16(15)18(21)24-11-13(12)9-14;1-2-5-12-11-4-3-9(7-13)10(6-11)8-14;/h3-8,10H,2,9,11-12H2,1H3;1-6,9H,7-8,10-11,19H2;3-4,6,13-14H,2,5,7-8H2,1H3;1H. The van der Waals surface area contributed by atoms with Crippen LogP contribution in [0, 0.1) is 0 Å². The number of carbonyl (C=O) groups excluding carboxylic acids is 4. The Labute approximate surface area is 405 Å². The summed E-state index contributed by atoms with van der Waals surface area (Å²) in [5, 5.41) is -0.275. The molecule has 5 aromatic carbocycles. The van der Waals surface area contributed by atoms with Crippen LogP contribution in [0.5, 0.6) is 17.2 Å². The third kappa shape index (κ3) is 15.6. The Morgan fingerprint density at radius 3 is 1.19 bits per heavy atom. The Balaban J connectivity index is 0.000000214. The Kier molecular flexibility index (Phi) is 23.0. The van der Waals surface area contributed by atoms with Crippen LogP contribution in [0.2, 0.25) is 0 Å². The van der Waals surface area contributed by atoms with Gasteiger partial charge < -0.3 is 19.9 Å². The van der Waals surface area contributed by atoms with E-state index in [9.17, 15) is 19.2 Å². The van der Waals surface area contributed by atoms with Crippen LogP contribution in [-0.2, 0) is 34.5 Å². The van der Waals surface area contributed by atoms with E-state index in [0.29, 0.717) is 65.0 Å². The van der Waals surface area contributed by atoms with Crippen LogP contribution in [0.3, 0.4) is 0 Å². The van der Waals surface area contributed by atoms with Gasteiger partial charge in [0, 0.05) is 63.3 Å². The van der Waals surface area contributed by atoms with Crippen LogP contribution in [0.1, 0.15) is 102 Å². The first-order chi connectivity index (χ1) is 30.2. The second kappa shape index (κ2) is 27.8. The van der Waals surface area contributed by atoms with E-state index in [2.05, 4.69) is 45.2 Å². The largest absolute Gasteiger partial charge is 0.494 e. The summed E-state index contributed by atoms with van der Waals surface area (Å²) in [6, 6.07) is 31.9. The molecule has 2 aliphatic heterocycles. The zero-order chi connectivity index (χ0) is 44.3. The van der Waals surface area contributed by atoms with Crippen molar-refractivity contribution in [2.45, 2.75) is 61.2 Å². The van der Waals surface area contributed by atoms with Gasteiger partial charge in [0.2, 0.25) is 20.5 Å². The fourth-order valence-corrected chi connectivity index (χ4v) is 10.3. The molecule has 63 heavy (non-hydrogen) atoms. The second-order valence-corrected chi connectivity index (χ2v) is 18.3. The van der Waals surface area contributed by atoms with E-state index in [4.69, 9.17) is 19.9 Å². The maximum atomic E-state index is 12.5. The van der Waals surface area contributed by atoms with Crippen molar-refractivity contribution < 1.29 is 33.4 Å². The van der Waals surface area contributed by atoms with Crippen molar-refractivity contribution in [1.82, 2.24) is 0 Å². The monoisotopic (exact) mass is 981 g/mol. The van der Waals surface area contributed by atoms with Crippen molar-refractivity contribution in [2.75, 3.05) is 26.4 Å². The lowest BCUT2D eigenvalue weighted by molar-refractivity contribution is 0.105. The molecule has 2 N–H and O–H groups in total. The topological polar surface area (TPSA) is 122 Å². The van der Waals surface area contributed by atoms with Crippen molar-refractivity contribution in [3.05, 3.63) is 159 Å². The summed E-state index contributed by atoms with van der Waals surface area (Å²) in [6.07, 6.45) is 1.98. The lowest BCUT2D eigenvalue weighted by atomic mass is 10.1. The molecule has 2 aliphatic rings. The molecule has 8 nitrogen and oxygen atoms in total. The number of rotatable bonds is 11. The van der Waals surface area contributed by atoms with E-state index >= 15 is 0 Å². The summed E-state index contributed by atoms with van der Waals surface area (Å²) in [4.78, 5) is 49.9. The number of thiol groups is 2. The minimum atomic E-state index is -0.0827. The number of fused-ring (bicyclic) bond motifs is 4. The quantitative estimate of drug-likeness (QED) is 0.109. The van der Waals surface area contributed by atoms with Gasteiger partial charge in [0.05, 0.1) is 13.2 Å². The summed E-state index contributed by atoms with van der Waals surface area (Å²) < 4.78 is 16.8. The normalized spacial score (nSPS) is 13.5. The van der Waals surface area contributed by atoms with Crippen LogP contribution >= 0.6 is 84.7 Å². The Hall–Kier alpha value is -3.47. The van der Waals surface area contributed by atoms with Gasteiger partial charge in [-0.1, -0.05) is 103 Å². The molecule has 0 saturated heterocycles. The molecule has 0 amide bonds. The molecule has 0 aliphatic carbocycles. The van der Waals surface area contributed by atoms with Crippen molar-refractivity contribution in [2.24, 2.45) is 5.73 Å². The van der Waals surface area contributed by atoms with Crippen LogP contribution in [0.15, 0.2) is 103 Å². The van der Waals surface area contributed by atoms with Gasteiger partial charge in [-0.25, -0.2) is 0 Å². The Morgan fingerprint density at radius 2 is 0.825 bits per heavy atom. The first kappa shape index (κ1) is 52.2. The van der Waals surface area contributed by atoms with E-state index in [1.807, 2.05) is 48.5 Å². The Morgan fingerprint density at radius 1 is 0.476 bits per heavy atom. The third-order valence-corrected chi connectivity index (χ3v) is 13.8. The highest BCUT2D eigenvalue weighted by atomic mass is 35.5. The molecule has 0 aromatic heterocycles. The molecule has 0 unspecified atom stereocenters. The summed E-state index contributed by atoms with van der Waals surface area (Å²) in [5.74, 6) is 6.29. The number of hydrogen-bond donors (Lipinski definition) is 3. The summed E-state index contributed by atoms with van der Waals surface area (Å²) >= 11 is 13.5. The van der Waals surface area contributed by atoms with Crippen LogP contribution in [-0.4, -0.2) is 46.8 Å². The van der Waals surface area contributed by atoms with E-state index in [0.717, 1.165) is 70.5 Å². The number of halogens is 1. The lowest BCUT2D eigenvalue weighted by Gasteiger charge is -2.15. The zero-order valence-electron chi connectivity index (χ0n) is 35.2. The third-order valence-electron chi connectivity index (χ3n) is 9.38. The predicted octanol–water partition coefficient (Wildman–Crippen LogP) is 12.2. The summed E-state index contributed by atoms with van der Waals surface area (Å²) in [6.45, 7) is 6.51. The highest BCUT2D eigenvalue weighted by molar-refractivity contribution is 8.14. The zero-order valence-corrected chi connectivity index (χ0v) is 41.0. The number of carbonyl (C=O) groups is 4. The second-order valence-electron chi connectivity index (χ2n) is 13.8. The van der Waals surface area contributed by atoms with Gasteiger partial charge >= 0.3 is 0 Å². The fraction of sp³-hybridized carbons (Fsp3) is 0.292. The van der Waals surface area contributed by atoms with E-state index in [-0.39, 0.29) is 32.9 Å². The lowest BCUT2D eigenvalue weighted by Crippen LogP contribution is -2.11. The molecule has 7 rings (SSSR count). The maximum absolute atomic E-state index is 12.5. The number of nitrogens with two attached hydrogens (primary N) is 1. The molecule has 0 bridgehead atoms. The number of hydrogen-bond acceptors (Lipinski definition) is 14. The van der Waals surface area contributed by atoms with Crippen LogP contribution in [0.25, 0.3) is 0 Å². The van der Waals surface area contributed by atoms with Gasteiger partial charge in [-0.05, 0) is 107 Å². The van der Waals surface area contributed by atoms with Gasteiger partial charge in [0.25, 0.3) is 0 Å². The Bertz CT molecular complexity index is 2200. The first-order valence-electron chi connectivity index (χ1n) is 20.2. The molecule has 0 spiro atoms. The van der Waals surface area contributed by atoms with Crippen molar-refractivity contribution in [3.63, 3.8) is 0 Å². The van der Waals surface area contributed by atoms with E-state index in [1.54, 1.807) is 48.5 Å². The van der Waals surface area contributed by atoms with Crippen LogP contribution < -0.4 is 19.9 Å². The predicted molar refractivity (Wildman–Crippen MR) is 273 cm³/mol. The van der Waals surface area contributed by atoms with Gasteiger partial charge in [0.15, 0.2) is 0 Å². The summed E-state index contributed by atoms with van der Waals surface area (Å²) in [7, 11) is 0. The molecule has 15 heteroatoms. The maximum Gasteiger partial charge on any atom is 0.220 e. The number of ether oxygens (including phenoxy) is 3. The molecule has 0 fully saturated rings. The molecule has 334 valence electrons. The number of thioether (sulfide) groups is 4. The van der Waals surface area contributed by atoms with E-state index < -0.39 is 0 Å². The smallest absolute Gasteiger partial charge is 0.220 e. The highest BCUT2D eigenvalue weighted by Gasteiger charge is 2.22. The van der Waals surface area contributed by atoms with Gasteiger partial charge in [-0.2, -0.15) is 25.3 Å². The van der Waals surface area contributed by atoms with Crippen molar-refractivity contribution in [1.29, 1.82) is 0 Å². The van der Waals surface area contributed by atoms with Gasteiger partial charge in [-0.3, -0.25) is 19.2 Å². The minimum absolute atomic E-state index is 0. The minimum Gasteiger partial charge on any atom is -0.494 e. The molecule has 2 heterocycles. The van der Waals surface area contributed by atoms with Crippen molar-refractivity contribution >= 4 is 105 Å². The average molecular weight is 983 g/mol. The molecule has 5 aromatic rings. The SMILES string of the molecule is CCCOc1ccc(CS)c(CS)c1.CCCOc1ccc2c(c1)CSC(=O)c1ccccc1C(=O)SC2.Cl.NCCOc1ccc2c(c1)CSC(=O)c1ccccc1C(=O)SC2. The van der Waals surface area contributed by atoms with Crippen LogP contribution in [0.4, 0.5) is 0 Å². The molecular formula is C48H52ClNO7S6. The highest BCUT2D eigenvalue weighted by Crippen LogP contribution is 2.33. The first-order valence-corrected chi connectivity index (χ1v) is 25.4. The number of benzene rings is 5. The summed E-state index contributed by atoms with van der Waals surface area (Å²) in [5.41, 5.74) is 14.1.